The average molecular weight is 282 g/mol. The van der Waals surface area contributed by atoms with Crippen LogP contribution < -0.4 is 5.73 Å². The number of likely N-dealkylation sites (tertiary alicyclic amines) is 1. The average Bonchev–Trinajstić information content (AvgIpc) is 2.80. The third kappa shape index (κ3) is 3.37. The maximum absolute atomic E-state index is 11.4. The van der Waals surface area contributed by atoms with Gasteiger partial charge >= 0.3 is 0 Å². The molecule has 2 fully saturated rings. The lowest BCUT2D eigenvalue weighted by molar-refractivity contribution is -0.0990. The van der Waals surface area contributed by atoms with E-state index in [1.807, 2.05) is 0 Å². The number of aliphatic hydroxyl groups is 1. The fourth-order valence-electron chi connectivity index (χ4n) is 4.51. The highest BCUT2D eigenvalue weighted by atomic mass is 16.3. The van der Waals surface area contributed by atoms with Crippen molar-refractivity contribution >= 4 is 0 Å². The van der Waals surface area contributed by atoms with Crippen LogP contribution in [0.15, 0.2) is 0 Å². The fraction of sp³-hybridized carbons (Fsp3) is 1.00. The molecule has 2 aliphatic rings. The lowest BCUT2D eigenvalue weighted by Gasteiger charge is -2.47. The summed E-state index contributed by atoms with van der Waals surface area (Å²) in [5.41, 5.74) is 5.67. The minimum absolute atomic E-state index is 0.00821. The first kappa shape index (κ1) is 16.3. The lowest BCUT2D eigenvalue weighted by atomic mass is 9.64. The third-order valence-corrected chi connectivity index (χ3v) is 5.88. The first-order chi connectivity index (χ1) is 9.66. The van der Waals surface area contributed by atoms with E-state index >= 15 is 0 Å². The van der Waals surface area contributed by atoms with Gasteiger partial charge in [0.25, 0.3) is 0 Å². The molecule has 0 spiro atoms. The Labute approximate surface area is 124 Å². The van der Waals surface area contributed by atoms with E-state index in [0.717, 1.165) is 45.2 Å². The lowest BCUT2D eigenvalue weighted by Crippen LogP contribution is -2.53. The van der Waals surface area contributed by atoms with Crippen molar-refractivity contribution in [1.29, 1.82) is 0 Å². The molecular formula is C17H34N2O. The van der Waals surface area contributed by atoms with Gasteiger partial charge in [0.2, 0.25) is 0 Å². The van der Waals surface area contributed by atoms with E-state index in [-0.39, 0.29) is 5.41 Å². The second kappa shape index (κ2) is 7.24. The Morgan fingerprint density at radius 3 is 2.25 bits per heavy atom. The van der Waals surface area contributed by atoms with E-state index in [2.05, 4.69) is 11.8 Å². The first-order valence-corrected chi connectivity index (χ1v) is 8.81. The van der Waals surface area contributed by atoms with Crippen LogP contribution in [0.5, 0.6) is 0 Å². The molecule has 0 aromatic rings. The molecule has 1 unspecified atom stereocenters. The number of hydrogen-bond donors (Lipinski definition) is 2. The van der Waals surface area contributed by atoms with Crippen molar-refractivity contribution in [2.45, 2.75) is 76.7 Å². The normalized spacial score (nSPS) is 32.5. The van der Waals surface area contributed by atoms with Gasteiger partial charge in [-0.1, -0.05) is 32.6 Å². The van der Waals surface area contributed by atoms with Crippen molar-refractivity contribution in [1.82, 2.24) is 4.90 Å². The molecule has 3 heteroatoms. The Kier molecular flexibility index (Phi) is 5.88. The molecule has 3 nitrogen and oxygen atoms in total. The summed E-state index contributed by atoms with van der Waals surface area (Å²) in [6.07, 6.45) is 11.6. The van der Waals surface area contributed by atoms with Crippen LogP contribution >= 0.6 is 0 Å². The summed E-state index contributed by atoms with van der Waals surface area (Å²) in [4.78, 5) is 2.53. The summed E-state index contributed by atoms with van der Waals surface area (Å²) in [5.74, 6) is 0. The van der Waals surface area contributed by atoms with Gasteiger partial charge in [-0.2, -0.15) is 0 Å². The van der Waals surface area contributed by atoms with Crippen molar-refractivity contribution in [3.8, 4) is 0 Å². The van der Waals surface area contributed by atoms with Gasteiger partial charge in [0.05, 0.1) is 5.60 Å². The molecule has 2 rings (SSSR count). The highest BCUT2D eigenvalue weighted by Gasteiger charge is 2.49. The van der Waals surface area contributed by atoms with Gasteiger partial charge in [0.1, 0.15) is 0 Å². The molecule has 1 saturated carbocycles. The van der Waals surface area contributed by atoms with Crippen LogP contribution in [0.1, 0.15) is 71.1 Å². The molecule has 1 aliphatic carbocycles. The smallest absolute Gasteiger partial charge is 0.0728 e. The quantitative estimate of drug-likeness (QED) is 0.780. The Morgan fingerprint density at radius 1 is 0.950 bits per heavy atom. The standard InChI is InChI=1S/C17H34N2O/c1-2-12-19-13-7-10-17(20,11-14-19)16(15-18)8-5-3-4-6-9-16/h20H,2-15,18H2,1H3. The molecule has 1 saturated heterocycles. The van der Waals surface area contributed by atoms with Crippen LogP contribution in [0.3, 0.4) is 0 Å². The highest BCUT2D eigenvalue weighted by Crippen LogP contribution is 2.47. The van der Waals surface area contributed by atoms with Crippen LogP contribution in [-0.4, -0.2) is 41.8 Å². The van der Waals surface area contributed by atoms with E-state index in [1.165, 1.54) is 38.6 Å². The van der Waals surface area contributed by atoms with Gasteiger partial charge in [0, 0.05) is 18.5 Å². The summed E-state index contributed by atoms with van der Waals surface area (Å²) in [7, 11) is 0. The number of nitrogens with zero attached hydrogens (tertiary/aromatic N) is 1. The molecule has 3 N–H and O–H groups in total. The maximum Gasteiger partial charge on any atom is 0.0728 e. The molecular weight excluding hydrogens is 248 g/mol. The van der Waals surface area contributed by atoms with Crippen molar-refractivity contribution in [2.24, 2.45) is 11.1 Å². The third-order valence-electron chi connectivity index (χ3n) is 5.88. The topological polar surface area (TPSA) is 49.5 Å². The van der Waals surface area contributed by atoms with Crippen LogP contribution in [0.4, 0.5) is 0 Å². The Balaban J connectivity index is 2.10. The van der Waals surface area contributed by atoms with Gasteiger partial charge in [-0.3, -0.25) is 0 Å². The van der Waals surface area contributed by atoms with Gasteiger partial charge < -0.3 is 15.7 Å². The molecule has 0 bridgehead atoms. The predicted molar refractivity (Wildman–Crippen MR) is 84.7 cm³/mol. The summed E-state index contributed by atoms with van der Waals surface area (Å²) < 4.78 is 0. The molecule has 0 aromatic carbocycles. The second-order valence-electron chi connectivity index (χ2n) is 7.13. The minimum Gasteiger partial charge on any atom is -0.389 e. The number of rotatable bonds is 4. The van der Waals surface area contributed by atoms with E-state index in [4.69, 9.17) is 5.73 Å². The predicted octanol–water partition coefficient (Wildman–Crippen LogP) is 2.91. The second-order valence-corrected chi connectivity index (χ2v) is 7.13. The fourth-order valence-corrected chi connectivity index (χ4v) is 4.51. The zero-order valence-electron chi connectivity index (χ0n) is 13.4. The molecule has 0 radical (unpaired) electrons. The molecule has 0 aromatic heterocycles. The Hall–Kier alpha value is -0.120. The summed E-state index contributed by atoms with van der Waals surface area (Å²) in [6.45, 7) is 6.27. The number of nitrogens with two attached hydrogens (primary N) is 1. The van der Waals surface area contributed by atoms with Crippen molar-refractivity contribution in [2.75, 3.05) is 26.2 Å². The minimum atomic E-state index is -0.519. The van der Waals surface area contributed by atoms with E-state index < -0.39 is 5.60 Å². The highest BCUT2D eigenvalue weighted by molar-refractivity contribution is 5.01. The van der Waals surface area contributed by atoms with E-state index in [9.17, 15) is 5.11 Å². The molecule has 20 heavy (non-hydrogen) atoms. The van der Waals surface area contributed by atoms with Gasteiger partial charge in [-0.25, -0.2) is 0 Å². The van der Waals surface area contributed by atoms with Gasteiger partial charge in [-0.05, 0) is 51.6 Å². The van der Waals surface area contributed by atoms with E-state index in [0.29, 0.717) is 6.54 Å². The summed E-state index contributed by atoms with van der Waals surface area (Å²) >= 11 is 0. The Morgan fingerprint density at radius 2 is 1.65 bits per heavy atom. The summed E-state index contributed by atoms with van der Waals surface area (Å²) in [5, 5.41) is 11.4. The maximum atomic E-state index is 11.4. The first-order valence-electron chi connectivity index (χ1n) is 8.81. The Bertz CT molecular complexity index is 287. The van der Waals surface area contributed by atoms with Gasteiger partial charge in [0.15, 0.2) is 0 Å². The molecule has 1 atom stereocenters. The molecule has 1 aliphatic heterocycles. The van der Waals surface area contributed by atoms with Crippen molar-refractivity contribution in [3.63, 3.8) is 0 Å². The molecule has 1 heterocycles. The van der Waals surface area contributed by atoms with E-state index in [1.54, 1.807) is 0 Å². The van der Waals surface area contributed by atoms with Crippen molar-refractivity contribution in [3.05, 3.63) is 0 Å². The van der Waals surface area contributed by atoms with Gasteiger partial charge in [-0.15, -0.1) is 0 Å². The van der Waals surface area contributed by atoms with Crippen LogP contribution in [-0.2, 0) is 0 Å². The van der Waals surface area contributed by atoms with Crippen LogP contribution in [0.2, 0.25) is 0 Å². The van der Waals surface area contributed by atoms with Crippen LogP contribution in [0.25, 0.3) is 0 Å². The summed E-state index contributed by atoms with van der Waals surface area (Å²) in [6, 6.07) is 0. The zero-order valence-corrected chi connectivity index (χ0v) is 13.4. The SMILES string of the molecule is CCCN1CCCC(O)(C2(CN)CCCCCC2)CC1. The molecule has 0 amide bonds. The monoisotopic (exact) mass is 282 g/mol. The number of hydrogen-bond acceptors (Lipinski definition) is 3. The largest absolute Gasteiger partial charge is 0.389 e. The molecule has 118 valence electrons. The van der Waals surface area contributed by atoms with Crippen molar-refractivity contribution < 1.29 is 5.11 Å². The zero-order chi connectivity index (χ0) is 14.5. The van der Waals surface area contributed by atoms with Crippen LogP contribution in [0, 0.1) is 5.41 Å².